The van der Waals surface area contributed by atoms with E-state index >= 15 is 0 Å². The molecular weight excluding hydrogens is 360 g/mol. The molecule has 0 saturated carbocycles. The van der Waals surface area contributed by atoms with Crippen LogP contribution in [-0.4, -0.2) is 41.6 Å². The molecule has 3 rings (SSSR count). The summed E-state index contributed by atoms with van der Waals surface area (Å²) in [4.78, 5) is 51.3. The third-order valence-electron chi connectivity index (χ3n) is 4.52. The Labute approximate surface area is 162 Å². The lowest BCUT2D eigenvalue weighted by atomic mass is 10.0. The molecule has 144 valence electrons. The number of ether oxygens (including phenoxy) is 1. The van der Waals surface area contributed by atoms with Crippen molar-refractivity contribution in [1.29, 1.82) is 0 Å². The Hall–Kier alpha value is -3.48. The Morgan fingerprint density at radius 3 is 2.29 bits per heavy atom. The molecule has 28 heavy (non-hydrogen) atoms. The summed E-state index contributed by atoms with van der Waals surface area (Å²) in [5, 5.41) is 2.64. The maximum Gasteiger partial charge on any atom is 0.255 e. The highest BCUT2D eigenvalue weighted by Gasteiger charge is 2.43. The fourth-order valence-electron chi connectivity index (χ4n) is 3.12. The number of imide groups is 1. The number of ketones is 1. The van der Waals surface area contributed by atoms with E-state index in [1.807, 2.05) is 13.0 Å². The number of Topliss-reactive ketones (excluding diaryl/α,β-unsaturated/α-hetero) is 1. The van der Waals surface area contributed by atoms with Crippen LogP contribution < -0.4 is 10.1 Å². The van der Waals surface area contributed by atoms with E-state index in [1.54, 1.807) is 42.5 Å². The minimum atomic E-state index is -1.57. The number of nitrogens with one attached hydrogen (secondary N) is 1. The molecule has 7 nitrogen and oxygen atoms in total. The zero-order chi connectivity index (χ0) is 20.3. The van der Waals surface area contributed by atoms with Crippen LogP contribution >= 0.6 is 0 Å². The van der Waals surface area contributed by atoms with E-state index in [4.69, 9.17) is 4.74 Å². The van der Waals surface area contributed by atoms with Crippen molar-refractivity contribution in [2.45, 2.75) is 25.8 Å². The van der Waals surface area contributed by atoms with Crippen LogP contribution in [0, 0.1) is 6.92 Å². The lowest BCUT2D eigenvalue weighted by molar-refractivity contribution is -0.143. The minimum Gasteiger partial charge on any atom is -0.495 e. The van der Waals surface area contributed by atoms with E-state index in [1.165, 1.54) is 7.11 Å². The van der Waals surface area contributed by atoms with Gasteiger partial charge in [-0.05, 0) is 24.6 Å². The van der Waals surface area contributed by atoms with Gasteiger partial charge in [-0.2, -0.15) is 0 Å². The van der Waals surface area contributed by atoms with E-state index in [-0.39, 0.29) is 18.4 Å². The Bertz CT molecular complexity index is 923. The Balaban J connectivity index is 1.98. The van der Waals surface area contributed by atoms with Crippen molar-refractivity contribution in [3.05, 3.63) is 59.7 Å². The standard InChI is InChI=1S/C21H20N2O5/c1-13-8-9-16(28-2)15(12-13)22-21(27)19(23-17(24)10-11-18(23)25)20(26)14-6-4-3-5-7-14/h3-9,12,19H,10-11H2,1-2H3,(H,22,27). The van der Waals surface area contributed by atoms with Crippen LogP contribution in [-0.2, 0) is 14.4 Å². The second kappa shape index (κ2) is 8.04. The number of benzene rings is 2. The number of hydrogen-bond donors (Lipinski definition) is 1. The van der Waals surface area contributed by atoms with Crippen molar-refractivity contribution in [2.75, 3.05) is 12.4 Å². The van der Waals surface area contributed by atoms with Gasteiger partial charge in [-0.15, -0.1) is 0 Å². The molecule has 0 aliphatic carbocycles. The Morgan fingerprint density at radius 1 is 1.04 bits per heavy atom. The van der Waals surface area contributed by atoms with Gasteiger partial charge < -0.3 is 10.1 Å². The molecule has 1 aliphatic rings. The van der Waals surface area contributed by atoms with Crippen LogP contribution in [0.1, 0.15) is 28.8 Å². The van der Waals surface area contributed by atoms with Gasteiger partial charge in [0.25, 0.3) is 5.91 Å². The quantitative estimate of drug-likeness (QED) is 0.472. The number of rotatable bonds is 6. The maximum atomic E-state index is 13.1. The van der Waals surface area contributed by atoms with Gasteiger partial charge in [0.15, 0.2) is 11.8 Å². The molecule has 1 fully saturated rings. The summed E-state index contributed by atoms with van der Waals surface area (Å²) in [6.45, 7) is 1.84. The molecule has 3 amide bonds. The van der Waals surface area contributed by atoms with Gasteiger partial charge in [-0.1, -0.05) is 36.4 Å². The molecule has 0 bridgehead atoms. The number of amides is 3. The molecule has 1 saturated heterocycles. The Morgan fingerprint density at radius 2 is 1.68 bits per heavy atom. The number of methoxy groups -OCH3 is 1. The van der Waals surface area contributed by atoms with E-state index in [2.05, 4.69) is 5.32 Å². The smallest absolute Gasteiger partial charge is 0.255 e. The number of nitrogens with zero attached hydrogens (tertiary/aromatic N) is 1. The highest BCUT2D eigenvalue weighted by molar-refractivity contribution is 6.22. The molecule has 1 atom stereocenters. The second-order valence-corrected chi connectivity index (χ2v) is 6.48. The zero-order valence-electron chi connectivity index (χ0n) is 15.6. The molecule has 2 aromatic rings. The normalized spacial score (nSPS) is 14.7. The first-order chi connectivity index (χ1) is 13.4. The van der Waals surface area contributed by atoms with Gasteiger partial charge in [0, 0.05) is 18.4 Å². The third kappa shape index (κ3) is 3.78. The maximum absolute atomic E-state index is 13.1. The van der Waals surface area contributed by atoms with E-state index in [0.29, 0.717) is 11.4 Å². The molecule has 1 N–H and O–H groups in total. The molecule has 1 heterocycles. The monoisotopic (exact) mass is 380 g/mol. The largest absolute Gasteiger partial charge is 0.495 e. The first-order valence-corrected chi connectivity index (χ1v) is 8.82. The summed E-state index contributed by atoms with van der Waals surface area (Å²) >= 11 is 0. The second-order valence-electron chi connectivity index (χ2n) is 6.48. The summed E-state index contributed by atoms with van der Waals surface area (Å²) in [6.07, 6.45) is -0.0309. The number of carbonyl (C=O) groups is 4. The first-order valence-electron chi connectivity index (χ1n) is 8.82. The molecule has 7 heteroatoms. The highest BCUT2D eigenvalue weighted by atomic mass is 16.5. The van der Waals surface area contributed by atoms with Crippen molar-refractivity contribution >= 4 is 29.2 Å². The lowest BCUT2D eigenvalue weighted by Gasteiger charge is -2.24. The average molecular weight is 380 g/mol. The van der Waals surface area contributed by atoms with Gasteiger partial charge in [-0.3, -0.25) is 24.1 Å². The SMILES string of the molecule is COc1ccc(C)cc1NC(=O)C(C(=O)c1ccccc1)N1C(=O)CCC1=O. The fraction of sp³-hybridized carbons (Fsp3) is 0.238. The number of carbonyl (C=O) groups excluding carboxylic acids is 4. The van der Waals surface area contributed by atoms with Gasteiger partial charge in [0.2, 0.25) is 11.8 Å². The van der Waals surface area contributed by atoms with Crippen LogP contribution in [0.4, 0.5) is 5.69 Å². The molecule has 1 unspecified atom stereocenters. The van der Waals surface area contributed by atoms with E-state index in [9.17, 15) is 19.2 Å². The van der Waals surface area contributed by atoms with Crippen molar-refractivity contribution in [1.82, 2.24) is 4.90 Å². The number of hydrogen-bond acceptors (Lipinski definition) is 5. The lowest BCUT2D eigenvalue weighted by Crippen LogP contribution is -2.51. The van der Waals surface area contributed by atoms with Crippen LogP contribution in [0.5, 0.6) is 5.75 Å². The van der Waals surface area contributed by atoms with Crippen molar-refractivity contribution < 1.29 is 23.9 Å². The summed E-state index contributed by atoms with van der Waals surface area (Å²) in [5.74, 6) is -2.05. The summed E-state index contributed by atoms with van der Waals surface area (Å²) in [7, 11) is 1.46. The van der Waals surface area contributed by atoms with Gasteiger partial charge in [-0.25, -0.2) is 0 Å². The van der Waals surface area contributed by atoms with Gasteiger partial charge >= 0.3 is 0 Å². The molecule has 2 aromatic carbocycles. The van der Waals surface area contributed by atoms with Crippen molar-refractivity contribution in [3.63, 3.8) is 0 Å². The minimum absolute atomic E-state index is 0.0154. The highest BCUT2D eigenvalue weighted by Crippen LogP contribution is 2.27. The summed E-state index contributed by atoms with van der Waals surface area (Å²) in [6, 6.07) is 11.7. The van der Waals surface area contributed by atoms with Crippen LogP contribution in [0.15, 0.2) is 48.5 Å². The summed E-state index contributed by atoms with van der Waals surface area (Å²) < 4.78 is 5.25. The molecule has 0 radical (unpaired) electrons. The van der Waals surface area contributed by atoms with E-state index < -0.39 is 29.5 Å². The van der Waals surface area contributed by atoms with Crippen LogP contribution in [0.2, 0.25) is 0 Å². The number of likely N-dealkylation sites (tertiary alicyclic amines) is 1. The third-order valence-corrected chi connectivity index (χ3v) is 4.52. The zero-order valence-corrected chi connectivity index (χ0v) is 15.6. The number of aryl methyl sites for hydroxylation is 1. The number of anilines is 1. The first kappa shape index (κ1) is 19.3. The molecular formula is C21H20N2O5. The van der Waals surface area contributed by atoms with Gasteiger partial charge in [0.05, 0.1) is 12.8 Å². The topological polar surface area (TPSA) is 92.8 Å². The van der Waals surface area contributed by atoms with Gasteiger partial charge in [0.1, 0.15) is 5.75 Å². The molecule has 1 aliphatic heterocycles. The summed E-state index contributed by atoms with van der Waals surface area (Å²) in [5.41, 5.74) is 1.47. The van der Waals surface area contributed by atoms with Crippen molar-refractivity contribution in [3.8, 4) is 5.75 Å². The average Bonchev–Trinajstić information content (AvgIpc) is 3.01. The Kier molecular flexibility index (Phi) is 5.54. The predicted octanol–water partition coefficient (Wildman–Crippen LogP) is 2.34. The predicted molar refractivity (Wildman–Crippen MR) is 102 cm³/mol. The van der Waals surface area contributed by atoms with Crippen LogP contribution in [0.3, 0.4) is 0 Å². The molecule has 0 spiro atoms. The molecule has 0 aromatic heterocycles. The van der Waals surface area contributed by atoms with Crippen LogP contribution in [0.25, 0.3) is 0 Å². The van der Waals surface area contributed by atoms with E-state index in [0.717, 1.165) is 10.5 Å². The fourth-order valence-corrected chi connectivity index (χ4v) is 3.12. The van der Waals surface area contributed by atoms with Crippen molar-refractivity contribution in [2.24, 2.45) is 0 Å².